The summed E-state index contributed by atoms with van der Waals surface area (Å²) in [5.41, 5.74) is 0.568. The Morgan fingerprint density at radius 1 is 1.69 bits per heavy atom. The second-order valence-electron chi connectivity index (χ2n) is 2.36. The molecule has 0 spiro atoms. The Morgan fingerprint density at radius 3 is 3.15 bits per heavy atom. The van der Waals surface area contributed by atoms with Crippen LogP contribution in [0.15, 0.2) is 36.9 Å². The molecule has 68 valence electrons. The third kappa shape index (κ3) is 3.07. The smallest absolute Gasteiger partial charge is 0.190 e. The molecule has 1 rings (SSSR count). The maximum Gasteiger partial charge on any atom is 0.190 e. The second-order valence-corrected chi connectivity index (χ2v) is 2.36. The van der Waals surface area contributed by atoms with Crippen LogP contribution < -0.4 is 0 Å². The molecule has 0 aliphatic rings. The molecular formula is C10H11NO2. The van der Waals surface area contributed by atoms with Gasteiger partial charge in [0.25, 0.3) is 0 Å². The third-order valence-electron chi connectivity index (χ3n) is 1.43. The van der Waals surface area contributed by atoms with E-state index >= 15 is 0 Å². The number of ether oxygens (including phenoxy) is 1. The van der Waals surface area contributed by atoms with Crippen molar-refractivity contribution in [2.75, 3.05) is 6.61 Å². The zero-order valence-electron chi connectivity index (χ0n) is 7.43. The van der Waals surface area contributed by atoms with Crippen LogP contribution in [0.5, 0.6) is 0 Å². The molecule has 0 bridgehead atoms. The minimum Gasteiger partial charge on any atom is -0.501 e. The van der Waals surface area contributed by atoms with Gasteiger partial charge in [-0.3, -0.25) is 9.78 Å². The summed E-state index contributed by atoms with van der Waals surface area (Å²) in [4.78, 5) is 15.2. The lowest BCUT2D eigenvalue weighted by Gasteiger charge is -1.94. The number of allylic oxidation sites excluding steroid dienone is 1. The number of ketones is 1. The molecule has 3 nitrogen and oxygen atoms in total. The van der Waals surface area contributed by atoms with Gasteiger partial charge in [-0.05, 0) is 19.1 Å². The molecule has 1 heterocycles. The Morgan fingerprint density at radius 2 is 2.54 bits per heavy atom. The molecule has 0 unspecified atom stereocenters. The van der Waals surface area contributed by atoms with Gasteiger partial charge in [0, 0.05) is 24.0 Å². The molecule has 13 heavy (non-hydrogen) atoms. The predicted octanol–water partition coefficient (Wildman–Crippen LogP) is 1.81. The molecule has 1 aromatic rings. The fourth-order valence-corrected chi connectivity index (χ4v) is 0.811. The molecule has 1 aromatic heterocycles. The minimum absolute atomic E-state index is 0.0958. The van der Waals surface area contributed by atoms with Gasteiger partial charge in [0.2, 0.25) is 0 Å². The van der Waals surface area contributed by atoms with Crippen LogP contribution in [0, 0.1) is 0 Å². The highest BCUT2D eigenvalue weighted by atomic mass is 16.5. The summed E-state index contributed by atoms with van der Waals surface area (Å²) in [6.07, 6.45) is 5.94. The lowest BCUT2D eigenvalue weighted by molar-refractivity contribution is 0.104. The number of pyridine rings is 1. The molecule has 0 aliphatic heterocycles. The van der Waals surface area contributed by atoms with Crippen molar-refractivity contribution >= 4 is 5.78 Å². The Hall–Kier alpha value is -1.64. The number of hydrogen-bond acceptors (Lipinski definition) is 3. The van der Waals surface area contributed by atoms with Crippen molar-refractivity contribution in [1.82, 2.24) is 4.98 Å². The highest BCUT2D eigenvalue weighted by molar-refractivity contribution is 6.04. The van der Waals surface area contributed by atoms with Gasteiger partial charge in [-0.2, -0.15) is 0 Å². The van der Waals surface area contributed by atoms with E-state index in [1.165, 1.54) is 18.5 Å². The second kappa shape index (κ2) is 5.09. The number of aromatic nitrogens is 1. The van der Waals surface area contributed by atoms with E-state index in [2.05, 4.69) is 4.98 Å². The number of rotatable bonds is 4. The normalized spacial score (nSPS) is 10.2. The van der Waals surface area contributed by atoms with Crippen molar-refractivity contribution in [2.24, 2.45) is 0 Å². The molecule has 0 atom stereocenters. The van der Waals surface area contributed by atoms with Crippen molar-refractivity contribution in [3.05, 3.63) is 42.4 Å². The van der Waals surface area contributed by atoms with Crippen LogP contribution in [0.1, 0.15) is 17.3 Å². The van der Waals surface area contributed by atoms with Crippen LogP contribution in [-0.2, 0) is 4.74 Å². The predicted molar refractivity (Wildman–Crippen MR) is 49.3 cm³/mol. The Bertz CT molecular complexity index is 293. The van der Waals surface area contributed by atoms with E-state index in [9.17, 15) is 4.79 Å². The van der Waals surface area contributed by atoms with Gasteiger partial charge in [0.05, 0.1) is 12.9 Å². The molecule has 0 aliphatic carbocycles. The first kappa shape index (κ1) is 9.45. The Kier molecular flexibility index (Phi) is 3.70. The number of carbonyl (C=O) groups excluding carboxylic acids is 1. The van der Waals surface area contributed by atoms with Gasteiger partial charge in [0.15, 0.2) is 5.78 Å². The SMILES string of the molecule is CCOC=CC(=O)c1cccnc1. The summed E-state index contributed by atoms with van der Waals surface area (Å²) in [6.45, 7) is 2.43. The summed E-state index contributed by atoms with van der Waals surface area (Å²) in [7, 11) is 0. The van der Waals surface area contributed by atoms with E-state index in [1.54, 1.807) is 18.3 Å². The highest BCUT2D eigenvalue weighted by Gasteiger charge is 1.99. The molecule has 0 fully saturated rings. The molecule has 0 saturated carbocycles. The average molecular weight is 177 g/mol. The molecule has 0 radical (unpaired) electrons. The molecule has 0 aromatic carbocycles. The first-order chi connectivity index (χ1) is 6.34. The fraction of sp³-hybridized carbons (Fsp3) is 0.200. The van der Waals surface area contributed by atoms with E-state index in [1.807, 2.05) is 6.92 Å². The molecule has 0 saturated heterocycles. The topological polar surface area (TPSA) is 39.2 Å². The van der Waals surface area contributed by atoms with Crippen molar-refractivity contribution in [3.63, 3.8) is 0 Å². The lowest BCUT2D eigenvalue weighted by atomic mass is 10.2. The van der Waals surface area contributed by atoms with Gasteiger partial charge < -0.3 is 4.74 Å². The van der Waals surface area contributed by atoms with Gasteiger partial charge in [0.1, 0.15) is 0 Å². The molecule has 0 N–H and O–H groups in total. The van der Waals surface area contributed by atoms with Crippen LogP contribution in [0.4, 0.5) is 0 Å². The largest absolute Gasteiger partial charge is 0.501 e. The van der Waals surface area contributed by atoms with Crippen molar-refractivity contribution in [2.45, 2.75) is 6.92 Å². The standard InChI is InChI=1S/C10H11NO2/c1-2-13-7-5-10(12)9-4-3-6-11-8-9/h3-8H,2H2,1H3. The maximum absolute atomic E-state index is 11.3. The van der Waals surface area contributed by atoms with Crippen LogP contribution in [0.3, 0.4) is 0 Å². The van der Waals surface area contributed by atoms with Crippen molar-refractivity contribution in [3.8, 4) is 0 Å². The summed E-state index contributed by atoms with van der Waals surface area (Å²) in [6, 6.07) is 3.44. The third-order valence-corrected chi connectivity index (χ3v) is 1.43. The van der Waals surface area contributed by atoms with E-state index in [0.717, 1.165) is 0 Å². The van der Waals surface area contributed by atoms with E-state index in [4.69, 9.17) is 4.74 Å². The van der Waals surface area contributed by atoms with E-state index < -0.39 is 0 Å². The van der Waals surface area contributed by atoms with E-state index in [-0.39, 0.29) is 5.78 Å². The van der Waals surface area contributed by atoms with Crippen LogP contribution in [0.25, 0.3) is 0 Å². The molecule has 0 amide bonds. The van der Waals surface area contributed by atoms with Gasteiger partial charge >= 0.3 is 0 Å². The van der Waals surface area contributed by atoms with Crippen molar-refractivity contribution < 1.29 is 9.53 Å². The zero-order chi connectivity index (χ0) is 9.52. The zero-order valence-corrected chi connectivity index (χ0v) is 7.43. The van der Waals surface area contributed by atoms with Crippen LogP contribution in [-0.4, -0.2) is 17.4 Å². The minimum atomic E-state index is -0.0958. The van der Waals surface area contributed by atoms with Gasteiger partial charge in [-0.1, -0.05) is 0 Å². The molecule has 3 heteroatoms. The quantitative estimate of drug-likeness (QED) is 0.400. The van der Waals surface area contributed by atoms with Gasteiger partial charge in [-0.15, -0.1) is 0 Å². The number of nitrogens with zero attached hydrogens (tertiary/aromatic N) is 1. The lowest BCUT2D eigenvalue weighted by Crippen LogP contribution is -1.94. The fourth-order valence-electron chi connectivity index (χ4n) is 0.811. The average Bonchev–Trinajstić information content (AvgIpc) is 2.19. The highest BCUT2D eigenvalue weighted by Crippen LogP contribution is 1.98. The summed E-state index contributed by atoms with van der Waals surface area (Å²) >= 11 is 0. The maximum atomic E-state index is 11.3. The first-order valence-corrected chi connectivity index (χ1v) is 4.07. The summed E-state index contributed by atoms with van der Waals surface area (Å²) in [5.74, 6) is -0.0958. The number of carbonyl (C=O) groups is 1. The van der Waals surface area contributed by atoms with Gasteiger partial charge in [-0.25, -0.2) is 0 Å². The monoisotopic (exact) mass is 177 g/mol. The van der Waals surface area contributed by atoms with Crippen LogP contribution in [0.2, 0.25) is 0 Å². The molecular weight excluding hydrogens is 166 g/mol. The number of hydrogen-bond donors (Lipinski definition) is 0. The Balaban J connectivity index is 2.59. The van der Waals surface area contributed by atoms with Crippen LogP contribution >= 0.6 is 0 Å². The van der Waals surface area contributed by atoms with E-state index in [0.29, 0.717) is 12.2 Å². The Labute approximate surface area is 77.1 Å². The summed E-state index contributed by atoms with van der Waals surface area (Å²) < 4.78 is 4.90. The first-order valence-electron chi connectivity index (χ1n) is 4.07. The van der Waals surface area contributed by atoms with Crippen molar-refractivity contribution in [1.29, 1.82) is 0 Å². The summed E-state index contributed by atoms with van der Waals surface area (Å²) in [5, 5.41) is 0.